The first-order chi connectivity index (χ1) is 19.1. The van der Waals surface area contributed by atoms with Gasteiger partial charge in [-0.3, -0.25) is 0 Å². The first kappa shape index (κ1) is 26.3. The van der Waals surface area contributed by atoms with Crippen molar-refractivity contribution in [2.24, 2.45) is 0 Å². The smallest absolute Gasteiger partial charge is 0.340 e. The molecule has 3 aromatic carbocycles. The van der Waals surface area contributed by atoms with Crippen molar-refractivity contribution in [1.82, 2.24) is 5.32 Å². The van der Waals surface area contributed by atoms with Gasteiger partial charge >= 0.3 is 5.97 Å². The predicted octanol–water partition coefficient (Wildman–Crippen LogP) is 0.752. The van der Waals surface area contributed by atoms with Gasteiger partial charge in [0.1, 0.15) is 47.4 Å². The Morgan fingerprint density at radius 3 is 2.17 bits per heavy atom. The van der Waals surface area contributed by atoms with E-state index in [1.807, 2.05) is 0 Å². The number of hydrogen-bond donors (Lipinski definition) is 8. The molecule has 208 valence electrons. The van der Waals surface area contributed by atoms with Crippen molar-refractivity contribution in [2.45, 2.75) is 36.2 Å². The third-order valence-corrected chi connectivity index (χ3v) is 7.45. The highest BCUT2D eigenvalue weighted by Crippen LogP contribution is 2.57. The number of fused-ring (bicyclic) bond motifs is 6. The molecule has 0 amide bonds. The van der Waals surface area contributed by atoms with E-state index < -0.39 is 48.8 Å². The lowest BCUT2D eigenvalue weighted by Crippen LogP contribution is -2.64. The lowest BCUT2D eigenvalue weighted by Gasteiger charge is -2.40. The Balaban J connectivity index is 1.36. The molecule has 1 saturated heterocycles. The molecule has 3 aromatic rings. The molecule has 0 saturated carbocycles. The summed E-state index contributed by atoms with van der Waals surface area (Å²) >= 11 is 5.37. The second kappa shape index (κ2) is 9.59. The summed E-state index contributed by atoms with van der Waals surface area (Å²) in [6.45, 7) is -0.598. The lowest BCUT2D eigenvalue weighted by molar-refractivity contribution is -0.251. The normalized spacial score (nSPS) is 25.7. The minimum atomic E-state index is -1.58. The van der Waals surface area contributed by atoms with Crippen molar-refractivity contribution in [2.75, 3.05) is 11.9 Å². The van der Waals surface area contributed by atoms with Crippen LogP contribution in [0.3, 0.4) is 0 Å². The summed E-state index contributed by atoms with van der Waals surface area (Å²) in [5.74, 6) is -0.273. The highest BCUT2D eigenvalue weighted by molar-refractivity contribution is 7.80. The number of hydrogen-bond acceptors (Lipinski definition) is 11. The minimum Gasteiger partial charge on any atom is -0.508 e. The molecule has 3 aliphatic rings. The molecule has 12 nitrogen and oxygen atoms in total. The van der Waals surface area contributed by atoms with E-state index >= 15 is 0 Å². The number of nitrogens with one attached hydrogen (secondary N) is 2. The first-order valence-electron chi connectivity index (χ1n) is 12.2. The van der Waals surface area contributed by atoms with Crippen LogP contribution in [0.2, 0.25) is 0 Å². The summed E-state index contributed by atoms with van der Waals surface area (Å²) in [5, 5.41) is 65.9. The first-order valence-corrected chi connectivity index (χ1v) is 12.6. The van der Waals surface area contributed by atoms with Gasteiger partial charge in [-0.2, -0.15) is 0 Å². The van der Waals surface area contributed by atoms with Crippen LogP contribution in [0, 0.1) is 0 Å². The van der Waals surface area contributed by atoms with E-state index in [1.165, 1.54) is 24.3 Å². The van der Waals surface area contributed by atoms with E-state index in [1.54, 1.807) is 30.3 Å². The number of carbonyl (C=O) groups is 1. The fraction of sp³-hybridized carbons (Fsp3) is 0.259. The van der Waals surface area contributed by atoms with Crippen LogP contribution in [0.5, 0.6) is 23.0 Å². The molecule has 1 fully saturated rings. The van der Waals surface area contributed by atoms with Crippen LogP contribution in [0.4, 0.5) is 5.69 Å². The number of carbonyl (C=O) groups excluding carboxylic acids is 1. The molecule has 0 aromatic heterocycles. The van der Waals surface area contributed by atoms with Gasteiger partial charge in [0, 0.05) is 34.5 Å². The molecule has 40 heavy (non-hydrogen) atoms. The Morgan fingerprint density at radius 2 is 1.55 bits per heavy atom. The van der Waals surface area contributed by atoms with E-state index in [0.29, 0.717) is 22.4 Å². The third-order valence-electron chi connectivity index (χ3n) is 7.23. The van der Waals surface area contributed by atoms with Crippen LogP contribution in [0.15, 0.2) is 54.6 Å². The Kier molecular flexibility index (Phi) is 6.29. The molecule has 0 aliphatic carbocycles. The number of benzene rings is 3. The standard InChI is InChI=1S/C27H24N2O10S/c30-10-20-22(33)23(34)21(25(36)38-20)29-26(40)28-11-1-4-14-17(7-11)27(39-24(14)35)15-5-2-12(31)8-18(15)37-19-9-13(32)3-6-16(19)27/h1-9,20-23,25,30-34,36H,10H2,(H2,28,29,40)/t20-,21-,22-,23-,25?/m0/s1. The number of thiocarbonyl (C=S) groups is 1. The predicted molar refractivity (Wildman–Crippen MR) is 141 cm³/mol. The van der Waals surface area contributed by atoms with E-state index in [9.17, 15) is 35.4 Å². The molecule has 0 bridgehead atoms. The topological polar surface area (TPSA) is 190 Å². The van der Waals surface area contributed by atoms with Gasteiger partial charge in [-0.05, 0) is 54.7 Å². The molecular weight excluding hydrogens is 544 g/mol. The Hall–Kier alpha value is -3.98. The summed E-state index contributed by atoms with van der Waals surface area (Å²) in [4.78, 5) is 13.1. The quantitative estimate of drug-likeness (QED) is 0.163. The molecule has 1 unspecified atom stereocenters. The second-order valence-electron chi connectivity index (χ2n) is 9.65. The maximum absolute atomic E-state index is 13.1. The summed E-state index contributed by atoms with van der Waals surface area (Å²) < 4.78 is 17.1. The maximum atomic E-state index is 13.1. The number of aromatic hydroxyl groups is 2. The Labute approximate surface area is 232 Å². The number of aliphatic hydroxyl groups excluding tert-OH is 4. The summed E-state index contributed by atoms with van der Waals surface area (Å²) in [6, 6.07) is 12.4. The Bertz CT molecular complexity index is 1480. The van der Waals surface area contributed by atoms with Crippen LogP contribution in [-0.4, -0.2) is 79.0 Å². The van der Waals surface area contributed by atoms with Gasteiger partial charge in [0.15, 0.2) is 17.0 Å². The van der Waals surface area contributed by atoms with Crippen LogP contribution < -0.4 is 15.4 Å². The second-order valence-corrected chi connectivity index (χ2v) is 10.1. The number of aliphatic hydroxyl groups is 4. The van der Waals surface area contributed by atoms with Crippen LogP contribution in [0.25, 0.3) is 0 Å². The van der Waals surface area contributed by atoms with Gasteiger partial charge in [0.05, 0.1) is 12.2 Å². The minimum absolute atomic E-state index is 0.0387. The fourth-order valence-electron chi connectivity index (χ4n) is 5.35. The number of ether oxygens (including phenoxy) is 3. The van der Waals surface area contributed by atoms with E-state index in [-0.39, 0.29) is 33.7 Å². The van der Waals surface area contributed by atoms with Gasteiger partial charge < -0.3 is 55.5 Å². The Morgan fingerprint density at radius 1 is 0.900 bits per heavy atom. The monoisotopic (exact) mass is 568 g/mol. The zero-order chi connectivity index (χ0) is 28.3. The lowest BCUT2D eigenvalue weighted by atomic mass is 9.77. The van der Waals surface area contributed by atoms with Gasteiger partial charge in [-0.15, -0.1) is 0 Å². The zero-order valence-electron chi connectivity index (χ0n) is 20.5. The number of phenolic OH excluding ortho intramolecular Hbond substituents is 2. The maximum Gasteiger partial charge on any atom is 0.340 e. The SMILES string of the molecule is O=C1OC2(c3ccc(O)cc3Oc3cc(O)ccc32)c2cc(NC(=S)N[C@@H]3C(O)O[C@@H](CO)[C@H](O)[C@H]3O)ccc21. The molecular formula is C27H24N2O10S. The number of rotatable bonds is 3. The third kappa shape index (κ3) is 4.02. The van der Waals surface area contributed by atoms with Crippen molar-refractivity contribution in [3.63, 3.8) is 0 Å². The summed E-state index contributed by atoms with van der Waals surface area (Å²) in [5.41, 5.74) is 0.550. The molecule has 1 spiro atoms. The molecule has 0 radical (unpaired) electrons. The molecule has 6 rings (SSSR count). The zero-order valence-corrected chi connectivity index (χ0v) is 21.3. The van der Waals surface area contributed by atoms with Gasteiger partial charge in [-0.1, -0.05) is 0 Å². The average molecular weight is 569 g/mol. The molecule has 5 atom stereocenters. The molecule has 8 N–H and O–H groups in total. The van der Waals surface area contributed by atoms with Gasteiger partial charge in [0.2, 0.25) is 0 Å². The van der Waals surface area contributed by atoms with Gasteiger partial charge in [-0.25, -0.2) is 4.79 Å². The van der Waals surface area contributed by atoms with Crippen molar-refractivity contribution in [3.8, 4) is 23.0 Å². The average Bonchev–Trinajstić information content (AvgIpc) is 3.20. The highest BCUT2D eigenvalue weighted by atomic mass is 32.1. The van der Waals surface area contributed by atoms with E-state index in [2.05, 4.69) is 10.6 Å². The number of phenols is 2. The van der Waals surface area contributed by atoms with Crippen LogP contribution in [0.1, 0.15) is 27.0 Å². The van der Waals surface area contributed by atoms with Crippen LogP contribution >= 0.6 is 12.2 Å². The molecule has 3 heterocycles. The molecule has 3 aliphatic heterocycles. The van der Waals surface area contributed by atoms with Crippen molar-refractivity contribution in [3.05, 3.63) is 76.9 Å². The van der Waals surface area contributed by atoms with Crippen LogP contribution in [-0.2, 0) is 15.1 Å². The number of anilines is 1. The number of esters is 1. The van der Waals surface area contributed by atoms with Crippen molar-refractivity contribution < 1.29 is 49.6 Å². The van der Waals surface area contributed by atoms with E-state index in [0.717, 1.165) is 0 Å². The van der Waals surface area contributed by atoms with E-state index in [4.69, 9.17) is 26.4 Å². The highest BCUT2D eigenvalue weighted by Gasteiger charge is 2.54. The summed E-state index contributed by atoms with van der Waals surface area (Å²) in [7, 11) is 0. The largest absolute Gasteiger partial charge is 0.508 e. The van der Waals surface area contributed by atoms with Gasteiger partial charge in [0.25, 0.3) is 0 Å². The molecule has 13 heteroatoms. The summed E-state index contributed by atoms with van der Waals surface area (Å²) in [6.07, 6.45) is -5.71. The van der Waals surface area contributed by atoms with Crippen molar-refractivity contribution >= 4 is 29.0 Å². The van der Waals surface area contributed by atoms with Crippen molar-refractivity contribution in [1.29, 1.82) is 0 Å². The fourth-order valence-corrected chi connectivity index (χ4v) is 5.60.